The Morgan fingerprint density at radius 1 is 1.30 bits per heavy atom. The average Bonchev–Trinajstić information content (AvgIpc) is 2.87. The Morgan fingerprint density at radius 3 is 2.35 bits per heavy atom. The molecule has 2 N–H and O–H groups in total. The topological polar surface area (TPSA) is 52.6 Å². The number of guanidine groups is 1. The van der Waals surface area contributed by atoms with Crippen molar-refractivity contribution < 1.29 is 13.2 Å². The van der Waals surface area contributed by atoms with E-state index in [1.165, 1.54) is 0 Å². The highest BCUT2D eigenvalue weighted by molar-refractivity contribution is 14.0. The van der Waals surface area contributed by atoms with E-state index in [9.17, 15) is 13.2 Å². The molecule has 1 aromatic rings. The predicted molar refractivity (Wildman–Crippen MR) is 98.5 cm³/mol. The summed E-state index contributed by atoms with van der Waals surface area (Å²) in [6, 6.07) is 0. The van der Waals surface area contributed by atoms with Crippen molar-refractivity contribution in [2.24, 2.45) is 4.99 Å². The van der Waals surface area contributed by atoms with Gasteiger partial charge in [0.25, 0.3) is 0 Å². The molecule has 23 heavy (non-hydrogen) atoms. The van der Waals surface area contributed by atoms with Crippen molar-refractivity contribution >= 4 is 41.3 Å². The maximum atomic E-state index is 12.5. The smallest absolute Gasteiger partial charge is 0.355 e. The molecule has 0 amide bonds. The normalized spacial score (nSPS) is 13.0. The van der Waals surface area contributed by atoms with Crippen LogP contribution in [-0.4, -0.2) is 49.1 Å². The summed E-state index contributed by atoms with van der Waals surface area (Å²) in [7, 11) is 5.57. The van der Waals surface area contributed by atoms with Crippen molar-refractivity contribution in [3.05, 3.63) is 16.1 Å². The Bertz CT molecular complexity index is 514. The minimum atomic E-state index is -4.40. The molecule has 0 spiro atoms. The van der Waals surface area contributed by atoms with E-state index in [-0.39, 0.29) is 36.1 Å². The maximum absolute atomic E-state index is 12.5. The molecular weight excluding hydrogens is 442 g/mol. The molecule has 0 saturated carbocycles. The number of likely N-dealkylation sites (N-methyl/N-ethyl adjacent to an activating group) is 1. The van der Waals surface area contributed by atoms with Crippen molar-refractivity contribution in [2.45, 2.75) is 32.1 Å². The van der Waals surface area contributed by atoms with Gasteiger partial charge in [0, 0.05) is 24.5 Å². The highest BCUT2D eigenvalue weighted by Crippen LogP contribution is 2.29. The second kappa shape index (κ2) is 9.02. The molecule has 1 rings (SSSR count). The van der Waals surface area contributed by atoms with Crippen molar-refractivity contribution in [3.8, 4) is 0 Å². The summed E-state index contributed by atoms with van der Waals surface area (Å²) in [4.78, 5) is 9.69. The SMILES string of the molecule is CN=C(NCc1nc(C(F)(F)F)cs1)NCC(C)(C)N(C)C.I. The van der Waals surface area contributed by atoms with E-state index >= 15 is 0 Å². The molecule has 0 bridgehead atoms. The minimum absolute atomic E-state index is 0. The molecular formula is C13H23F3IN5S. The van der Waals surface area contributed by atoms with Crippen LogP contribution in [0.3, 0.4) is 0 Å². The molecule has 10 heteroatoms. The molecule has 0 saturated heterocycles. The lowest BCUT2D eigenvalue weighted by molar-refractivity contribution is -0.140. The van der Waals surface area contributed by atoms with Crippen molar-refractivity contribution in [1.82, 2.24) is 20.5 Å². The number of aliphatic imine (C=N–C) groups is 1. The fourth-order valence-corrected chi connectivity index (χ4v) is 2.10. The summed E-state index contributed by atoms with van der Waals surface area (Å²) < 4.78 is 37.4. The van der Waals surface area contributed by atoms with Gasteiger partial charge in [0.05, 0.1) is 6.54 Å². The van der Waals surface area contributed by atoms with Gasteiger partial charge < -0.3 is 15.5 Å². The van der Waals surface area contributed by atoms with Crippen LogP contribution in [0.5, 0.6) is 0 Å². The third-order valence-corrected chi connectivity index (χ3v) is 4.22. The van der Waals surface area contributed by atoms with Crippen LogP contribution >= 0.6 is 35.3 Å². The van der Waals surface area contributed by atoms with Gasteiger partial charge >= 0.3 is 6.18 Å². The molecule has 0 atom stereocenters. The Balaban J connectivity index is 0.00000484. The zero-order chi connectivity index (χ0) is 17.0. The standard InChI is InChI=1S/C13H22F3N5S.HI/c1-12(2,21(4)5)8-19-11(17-3)18-6-10-20-9(7-22-10)13(14,15)16;/h7H,6,8H2,1-5H3,(H2,17,18,19);1H. The van der Waals surface area contributed by atoms with Gasteiger partial charge in [-0.15, -0.1) is 35.3 Å². The number of hydrogen-bond donors (Lipinski definition) is 2. The van der Waals surface area contributed by atoms with Crippen LogP contribution in [0.25, 0.3) is 0 Å². The van der Waals surface area contributed by atoms with E-state index in [2.05, 4.69) is 39.4 Å². The van der Waals surface area contributed by atoms with Crippen LogP contribution in [0.2, 0.25) is 0 Å². The average molecular weight is 465 g/mol. The van der Waals surface area contributed by atoms with Crippen LogP contribution in [-0.2, 0) is 12.7 Å². The van der Waals surface area contributed by atoms with E-state index in [0.717, 1.165) is 16.7 Å². The van der Waals surface area contributed by atoms with Crippen LogP contribution in [0.4, 0.5) is 13.2 Å². The maximum Gasteiger partial charge on any atom is 0.434 e. The molecule has 0 radical (unpaired) electrons. The van der Waals surface area contributed by atoms with Gasteiger partial charge in [-0.1, -0.05) is 0 Å². The Kier molecular flexibility index (Phi) is 8.77. The number of halogens is 4. The summed E-state index contributed by atoms with van der Waals surface area (Å²) >= 11 is 0.973. The van der Waals surface area contributed by atoms with Crippen molar-refractivity contribution in [3.63, 3.8) is 0 Å². The zero-order valence-electron chi connectivity index (χ0n) is 13.8. The number of nitrogens with zero attached hydrogens (tertiary/aromatic N) is 3. The first-order valence-electron chi connectivity index (χ1n) is 6.70. The number of rotatable bonds is 5. The number of alkyl halides is 3. The highest BCUT2D eigenvalue weighted by atomic mass is 127. The number of aromatic nitrogens is 1. The van der Waals surface area contributed by atoms with Gasteiger partial charge in [0.1, 0.15) is 5.01 Å². The fourth-order valence-electron chi connectivity index (χ4n) is 1.36. The molecule has 5 nitrogen and oxygen atoms in total. The summed E-state index contributed by atoms with van der Waals surface area (Å²) in [6.45, 7) is 4.99. The summed E-state index contributed by atoms with van der Waals surface area (Å²) in [6.07, 6.45) is -4.40. The molecule has 0 aliphatic heterocycles. The zero-order valence-corrected chi connectivity index (χ0v) is 16.9. The van der Waals surface area contributed by atoms with Crippen molar-refractivity contribution in [1.29, 1.82) is 0 Å². The van der Waals surface area contributed by atoms with E-state index in [0.29, 0.717) is 17.5 Å². The predicted octanol–water partition coefficient (Wildman–Crippen LogP) is 2.79. The third-order valence-electron chi connectivity index (χ3n) is 3.37. The van der Waals surface area contributed by atoms with E-state index in [1.54, 1.807) is 7.05 Å². The Hall–Kier alpha value is -0.620. The second-order valence-corrected chi connectivity index (χ2v) is 6.55. The van der Waals surface area contributed by atoms with Crippen LogP contribution in [0.1, 0.15) is 24.5 Å². The van der Waals surface area contributed by atoms with Gasteiger partial charge in [-0.05, 0) is 27.9 Å². The first kappa shape index (κ1) is 22.4. The van der Waals surface area contributed by atoms with Gasteiger partial charge in [-0.2, -0.15) is 13.2 Å². The first-order valence-corrected chi connectivity index (χ1v) is 7.58. The third kappa shape index (κ3) is 7.21. The molecule has 0 unspecified atom stereocenters. The summed E-state index contributed by atoms with van der Waals surface area (Å²) in [5.41, 5.74) is -0.937. The lowest BCUT2D eigenvalue weighted by Crippen LogP contribution is -2.50. The lowest BCUT2D eigenvalue weighted by Gasteiger charge is -2.33. The molecule has 0 aliphatic carbocycles. The lowest BCUT2D eigenvalue weighted by atomic mass is 10.0. The molecule has 0 aromatic carbocycles. The highest BCUT2D eigenvalue weighted by Gasteiger charge is 2.33. The fraction of sp³-hybridized carbons (Fsp3) is 0.692. The number of thiazole rings is 1. The summed E-state index contributed by atoms with van der Waals surface area (Å²) in [5, 5.41) is 7.49. The number of nitrogens with one attached hydrogen (secondary N) is 2. The van der Waals surface area contributed by atoms with Crippen LogP contribution in [0.15, 0.2) is 10.4 Å². The molecule has 1 heterocycles. The second-order valence-electron chi connectivity index (χ2n) is 5.61. The molecule has 0 fully saturated rings. The molecule has 134 valence electrons. The van der Waals surface area contributed by atoms with Gasteiger partial charge in [0.2, 0.25) is 0 Å². The largest absolute Gasteiger partial charge is 0.434 e. The van der Waals surface area contributed by atoms with Gasteiger partial charge in [-0.3, -0.25) is 4.99 Å². The Labute approximate surface area is 155 Å². The summed E-state index contributed by atoms with van der Waals surface area (Å²) in [5.74, 6) is 0.527. The quantitative estimate of drug-likeness (QED) is 0.399. The minimum Gasteiger partial charge on any atom is -0.355 e. The van der Waals surface area contributed by atoms with Crippen LogP contribution in [0, 0.1) is 0 Å². The van der Waals surface area contributed by atoms with E-state index < -0.39 is 11.9 Å². The van der Waals surface area contributed by atoms with Gasteiger partial charge in [0.15, 0.2) is 11.7 Å². The first-order chi connectivity index (χ1) is 10.1. The van der Waals surface area contributed by atoms with Crippen LogP contribution < -0.4 is 10.6 Å². The van der Waals surface area contributed by atoms with E-state index in [4.69, 9.17) is 0 Å². The number of hydrogen-bond acceptors (Lipinski definition) is 4. The van der Waals surface area contributed by atoms with E-state index in [1.807, 2.05) is 14.1 Å². The van der Waals surface area contributed by atoms with Gasteiger partial charge in [-0.25, -0.2) is 4.98 Å². The Morgan fingerprint density at radius 2 is 1.91 bits per heavy atom. The molecule has 0 aliphatic rings. The van der Waals surface area contributed by atoms with Crippen molar-refractivity contribution in [2.75, 3.05) is 27.7 Å². The molecule has 1 aromatic heterocycles. The monoisotopic (exact) mass is 465 g/mol.